The number of anilines is 1. The lowest BCUT2D eigenvalue weighted by molar-refractivity contribution is -0.121. The summed E-state index contributed by atoms with van der Waals surface area (Å²) in [5.41, 5.74) is 9.34. The number of thiazole rings is 1. The van der Waals surface area contributed by atoms with Crippen LogP contribution in [-0.2, 0) is 16.0 Å². The predicted octanol–water partition coefficient (Wildman–Crippen LogP) is 3.80. The van der Waals surface area contributed by atoms with Gasteiger partial charge in [0.2, 0.25) is 11.8 Å². The molecule has 1 aliphatic rings. The maximum atomic E-state index is 13.1. The molecule has 176 valence electrons. The summed E-state index contributed by atoms with van der Waals surface area (Å²) < 4.78 is 0. The molecule has 9 heteroatoms. The van der Waals surface area contributed by atoms with Gasteiger partial charge in [0, 0.05) is 29.3 Å². The van der Waals surface area contributed by atoms with Gasteiger partial charge in [-0.1, -0.05) is 48.0 Å². The molecule has 0 saturated carbocycles. The van der Waals surface area contributed by atoms with Crippen LogP contribution in [0, 0.1) is 6.92 Å². The molecule has 0 unspecified atom stereocenters. The van der Waals surface area contributed by atoms with Crippen molar-refractivity contribution >= 4 is 45.1 Å². The van der Waals surface area contributed by atoms with Gasteiger partial charge in [-0.05, 0) is 25.5 Å². The molecule has 0 bridgehead atoms. The minimum absolute atomic E-state index is 0.00940. The summed E-state index contributed by atoms with van der Waals surface area (Å²) in [5.74, 6) is -0.788. The summed E-state index contributed by atoms with van der Waals surface area (Å²) in [4.78, 5) is 48.2. The van der Waals surface area contributed by atoms with Crippen LogP contribution in [0.25, 0.3) is 22.2 Å². The van der Waals surface area contributed by atoms with Gasteiger partial charge in [0.25, 0.3) is 5.91 Å². The van der Waals surface area contributed by atoms with E-state index in [1.165, 1.54) is 11.3 Å². The fraction of sp³-hybridized carbons (Fsp3) is 0.192. The van der Waals surface area contributed by atoms with Crippen LogP contribution in [0.1, 0.15) is 34.5 Å². The molecular weight excluding hydrogens is 462 g/mol. The number of hydrogen-bond donors (Lipinski definition) is 2. The highest BCUT2D eigenvalue weighted by Crippen LogP contribution is 2.26. The Morgan fingerprint density at radius 1 is 1.06 bits per heavy atom. The van der Waals surface area contributed by atoms with Gasteiger partial charge in [0.1, 0.15) is 0 Å². The number of aryl methyl sites for hydroxylation is 1. The highest BCUT2D eigenvalue weighted by atomic mass is 32.1. The predicted molar refractivity (Wildman–Crippen MR) is 135 cm³/mol. The smallest absolute Gasteiger partial charge is 0.270 e. The van der Waals surface area contributed by atoms with Gasteiger partial charge in [0.05, 0.1) is 28.9 Å². The number of pyridine rings is 1. The van der Waals surface area contributed by atoms with Crippen molar-refractivity contribution in [1.82, 2.24) is 20.8 Å². The molecule has 2 N–H and O–H groups in total. The third-order valence-electron chi connectivity index (χ3n) is 5.81. The number of para-hydroxylation sites is 1. The summed E-state index contributed by atoms with van der Waals surface area (Å²) in [6, 6.07) is 17.0. The van der Waals surface area contributed by atoms with Crippen LogP contribution in [-0.4, -0.2) is 34.2 Å². The average molecular weight is 486 g/mol. The van der Waals surface area contributed by atoms with Crippen LogP contribution in [0.2, 0.25) is 0 Å². The van der Waals surface area contributed by atoms with Crippen molar-refractivity contribution in [2.45, 2.75) is 26.2 Å². The van der Waals surface area contributed by atoms with Crippen LogP contribution < -0.4 is 15.8 Å². The molecule has 0 spiro atoms. The summed E-state index contributed by atoms with van der Waals surface area (Å²) in [7, 11) is 0. The zero-order valence-electron chi connectivity index (χ0n) is 19.1. The van der Waals surface area contributed by atoms with E-state index in [2.05, 4.69) is 15.8 Å². The molecule has 0 aliphatic carbocycles. The quantitative estimate of drug-likeness (QED) is 0.419. The van der Waals surface area contributed by atoms with Crippen molar-refractivity contribution in [1.29, 1.82) is 0 Å². The second-order valence-electron chi connectivity index (χ2n) is 8.39. The van der Waals surface area contributed by atoms with Crippen LogP contribution in [0.5, 0.6) is 0 Å². The van der Waals surface area contributed by atoms with Gasteiger partial charge >= 0.3 is 0 Å². The molecule has 1 aliphatic heterocycles. The molecule has 0 radical (unpaired) electrons. The van der Waals surface area contributed by atoms with Gasteiger partial charge in [-0.25, -0.2) is 9.97 Å². The maximum Gasteiger partial charge on any atom is 0.270 e. The van der Waals surface area contributed by atoms with E-state index in [1.54, 1.807) is 16.3 Å². The molecule has 2 aromatic heterocycles. The van der Waals surface area contributed by atoms with Crippen molar-refractivity contribution in [3.8, 4) is 11.3 Å². The molecule has 1 fully saturated rings. The van der Waals surface area contributed by atoms with Gasteiger partial charge in [-0.2, -0.15) is 0 Å². The Morgan fingerprint density at radius 3 is 2.63 bits per heavy atom. The Bertz CT molecular complexity index is 1430. The van der Waals surface area contributed by atoms with E-state index in [9.17, 15) is 14.4 Å². The minimum Gasteiger partial charge on any atom is -0.288 e. The van der Waals surface area contributed by atoms with E-state index < -0.39 is 11.8 Å². The van der Waals surface area contributed by atoms with Crippen LogP contribution in [0.4, 0.5) is 5.13 Å². The molecule has 5 rings (SSSR count). The largest absolute Gasteiger partial charge is 0.288 e. The zero-order chi connectivity index (χ0) is 24.4. The van der Waals surface area contributed by atoms with E-state index in [-0.39, 0.29) is 12.3 Å². The number of carbonyl (C=O) groups excluding carboxylic acids is 3. The van der Waals surface area contributed by atoms with Gasteiger partial charge in [0.15, 0.2) is 5.13 Å². The minimum atomic E-state index is -0.438. The summed E-state index contributed by atoms with van der Waals surface area (Å²) in [5, 5.41) is 3.05. The Kier molecular flexibility index (Phi) is 6.24. The average Bonchev–Trinajstić information content (AvgIpc) is 3.50. The SMILES string of the molecule is Cc1ccc(-c2cc(C(=O)NNC(=O)Cc3csc(N4CCCC4=O)n3)c3ccccc3n2)cc1. The number of nitrogens with zero attached hydrogens (tertiary/aromatic N) is 3. The van der Waals surface area contributed by atoms with E-state index in [0.717, 1.165) is 17.5 Å². The van der Waals surface area contributed by atoms with Crippen LogP contribution in [0.3, 0.4) is 0 Å². The van der Waals surface area contributed by atoms with Crippen molar-refractivity contribution in [3.05, 3.63) is 76.8 Å². The lowest BCUT2D eigenvalue weighted by Crippen LogP contribution is -2.42. The Labute approximate surface area is 206 Å². The summed E-state index contributed by atoms with van der Waals surface area (Å²) in [6.07, 6.45) is 1.33. The first-order chi connectivity index (χ1) is 17.0. The van der Waals surface area contributed by atoms with Crippen molar-refractivity contribution in [3.63, 3.8) is 0 Å². The molecule has 4 aromatic rings. The van der Waals surface area contributed by atoms with Crippen LogP contribution in [0.15, 0.2) is 60.0 Å². The second kappa shape index (κ2) is 9.63. The number of hydrazine groups is 1. The summed E-state index contributed by atoms with van der Waals surface area (Å²) >= 11 is 1.34. The van der Waals surface area contributed by atoms with E-state index in [0.29, 0.717) is 46.0 Å². The number of amides is 3. The third kappa shape index (κ3) is 4.90. The van der Waals surface area contributed by atoms with E-state index in [1.807, 2.05) is 55.5 Å². The standard InChI is InChI=1S/C26H23N5O3S/c1-16-8-10-17(11-9-16)22-14-20(19-5-2-3-6-21(19)28-22)25(34)30-29-23(32)13-18-15-35-26(27-18)31-12-4-7-24(31)33/h2-3,5-6,8-11,14-15H,4,7,12-13H2,1H3,(H,29,32)(H,30,34). The molecule has 35 heavy (non-hydrogen) atoms. The number of fused-ring (bicyclic) bond motifs is 1. The first-order valence-electron chi connectivity index (χ1n) is 11.3. The fourth-order valence-electron chi connectivity index (χ4n) is 3.99. The van der Waals surface area contributed by atoms with Gasteiger partial charge in [-0.3, -0.25) is 30.1 Å². The number of carbonyl (C=O) groups is 3. The topological polar surface area (TPSA) is 104 Å². The van der Waals surface area contributed by atoms with Crippen molar-refractivity contribution < 1.29 is 14.4 Å². The maximum absolute atomic E-state index is 13.1. The Morgan fingerprint density at radius 2 is 1.86 bits per heavy atom. The molecule has 0 atom stereocenters. The summed E-state index contributed by atoms with van der Waals surface area (Å²) in [6.45, 7) is 2.66. The Hall–Kier alpha value is -4.11. The molecule has 2 aromatic carbocycles. The molecule has 3 amide bonds. The second-order valence-corrected chi connectivity index (χ2v) is 9.22. The molecule has 3 heterocycles. The molecule has 8 nitrogen and oxygen atoms in total. The number of hydrogen-bond acceptors (Lipinski definition) is 6. The van der Waals surface area contributed by atoms with Gasteiger partial charge in [-0.15, -0.1) is 11.3 Å². The number of rotatable bonds is 5. The third-order valence-corrected chi connectivity index (χ3v) is 6.72. The number of benzene rings is 2. The molecular formula is C26H23N5O3S. The van der Waals surface area contributed by atoms with E-state index in [4.69, 9.17) is 4.98 Å². The fourth-order valence-corrected chi connectivity index (χ4v) is 4.86. The Balaban J connectivity index is 1.29. The molecule has 1 saturated heterocycles. The lowest BCUT2D eigenvalue weighted by Gasteiger charge is -2.12. The normalized spacial score (nSPS) is 13.3. The monoisotopic (exact) mass is 485 g/mol. The highest BCUT2D eigenvalue weighted by Gasteiger charge is 2.24. The van der Waals surface area contributed by atoms with E-state index >= 15 is 0 Å². The van der Waals surface area contributed by atoms with Crippen molar-refractivity contribution in [2.75, 3.05) is 11.4 Å². The van der Waals surface area contributed by atoms with Crippen LogP contribution >= 0.6 is 11.3 Å². The first-order valence-corrected chi connectivity index (χ1v) is 12.2. The van der Waals surface area contributed by atoms with Gasteiger partial charge < -0.3 is 0 Å². The zero-order valence-corrected chi connectivity index (χ0v) is 19.9. The number of nitrogens with one attached hydrogen (secondary N) is 2. The number of aromatic nitrogens is 2. The van der Waals surface area contributed by atoms with Crippen molar-refractivity contribution in [2.24, 2.45) is 0 Å². The first kappa shape index (κ1) is 22.7. The lowest BCUT2D eigenvalue weighted by atomic mass is 10.0. The highest BCUT2D eigenvalue weighted by molar-refractivity contribution is 7.14.